The van der Waals surface area contributed by atoms with Crippen LogP contribution in [0, 0.1) is 0 Å². The summed E-state index contributed by atoms with van der Waals surface area (Å²) in [5.74, 6) is 0. The second kappa shape index (κ2) is 6.02. The van der Waals surface area contributed by atoms with Crippen molar-refractivity contribution in [2.45, 2.75) is 13.3 Å². The first-order valence-electron chi connectivity index (χ1n) is 7.48. The van der Waals surface area contributed by atoms with Crippen LogP contribution in [-0.4, -0.2) is 9.78 Å². The van der Waals surface area contributed by atoms with Crippen molar-refractivity contribution in [3.63, 3.8) is 0 Å². The number of allylic oxidation sites excluding steroid dienone is 1. The number of rotatable bonds is 4. The summed E-state index contributed by atoms with van der Waals surface area (Å²) >= 11 is 0. The summed E-state index contributed by atoms with van der Waals surface area (Å²) in [6.45, 7) is 6.16. The monoisotopic (exact) mass is 288 g/mol. The van der Waals surface area contributed by atoms with Gasteiger partial charge in [-0.25, -0.2) is 0 Å². The van der Waals surface area contributed by atoms with Gasteiger partial charge in [0.1, 0.15) is 0 Å². The van der Waals surface area contributed by atoms with Gasteiger partial charge in [0.25, 0.3) is 0 Å². The van der Waals surface area contributed by atoms with E-state index >= 15 is 0 Å². The molecule has 2 heteroatoms. The highest BCUT2D eigenvalue weighted by molar-refractivity contribution is 5.75. The third-order valence-corrected chi connectivity index (χ3v) is 3.72. The highest BCUT2D eigenvalue weighted by atomic mass is 15.3. The van der Waals surface area contributed by atoms with Gasteiger partial charge in [0.05, 0.1) is 11.4 Å². The molecule has 0 atom stereocenters. The number of hydrogen-bond donors (Lipinski definition) is 0. The first kappa shape index (κ1) is 14.3. The molecule has 0 saturated carbocycles. The molecular weight excluding hydrogens is 268 g/mol. The molecule has 22 heavy (non-hydrogen) atoms. The molecule has 3 aromatic rings. The number of aromatic nitrogens is 2. The van der Waals surface area contributed by atoms with Gasteiger partial charge < -0.3 is 0 Å². The SMILES string of the molecule is C=C(C)Cc1c(-c2ccccc2)nn(C)c1-c1ccccc1. The summed E-state index contributed by atoms with van der Waals surface area (Å²) in [5.41, 5.74) is 6.94. The molecule has 0 saturated heterocycles. The number of hydrogen-bond acceptors (Lipinski definition) is 1. The Morgan fingerprint density at radius 3 is 2.05 bits per heavy atom. The zero-order chi connectivity index (χ0) is 15.5. The lowest BCUT2D eigenvalue weighted by Crippen LogP contribution is -1.96. The predicted molar refractivity (Wildman–Crippen MR) is 92.6 cm³/mol. The van der Waals surface area contributed by atoms with Crippen molar-refractivity contribution in [3.8, 4) is 22.5 Å². The van der Waals surface area contributed by atoms with Crippen LogP contribution in [0.4, 0.5) is 0 Å². The van der Waals surface area contributed by atoms with Crippen molar-refractivity contribution in [2.24, 2.45) is 7.05 Å². The van der Waals surface area contributed by atoms with Crippen LogP contribution in [0.25, 0.3) is 22.5 Å². The maximum atomic E-state index is 4.79. The van der Waals surface area contributed by atoms with Gasteiger partial charge >= 0.3 is 0 Å². The average molecular weight is 288 g/mol. The summed E-state index contributed by atoms with van der Waals surface area (Å²) in [6.07, 6.45) is 0.836. The summed E-state index contributed by atoms with van der Waals surface area (Å²) in [5, 5.41) is 4.79. The van der Waals surface area contributed by atoms with E-state index in [2.05, 4.69) is 62.0 Å². The Labute approximate surface area is 131 Å². The van der Waals surface area contributed by atoms with Crippen LogP contribution >= 0.6 is 0 Å². The minimum absolute atomic E-state index is 0.836. The molecule has 2 aromatic carbocycles. The molecule has 0 bridgehead atoms. The van der Waals surface area contributed by atoms with Crippen molar-refractivity contribution in [3.05, 3.63) is 78.4 Å². The molecule has 0 fully saturated rings. The van der Waals surface area contributed by atoms with Crippen LogP contribution in [0.15, 0.2) is 72.8 Å². The van der Waals surface area contributed by atoms with Gasteiger partial charge in [-0.2, -0.15) is 5.10 Å². The molecule has 110 valence electrons. The van der Waals surface area contributed by atoms with E-state index in [0.29, 0.717) is 0 Å². The molecule has 3 rings (SSSR count). The van der Waals surface area contributed by atoms with Gasteiger partial charge in [-0.15, -0.1) is 0 Å². The van der Waals surface area contributed by atoms with Gasteiger partial charge in [0.15, 0.2) is 0 Å². The molecule has 0 aliphatic carbocycles. The number of benzene rings is 2. The van der Waals surface area contributed by atoms with Crippen LogP contribution in [0.5, 0.6) is 0 Å². The van der Waals surface area contributed by atoms with Gasteiger partial charge in [-0.1, -0.05) is 72.8 Å². The fourth-order valence-electron chi connectivity index (χ4n) is 2.82. The maximum absolute atomic E-state index is 4.79. The molecule has 0 amide bonds. The average Bonchev–Trinajstić information content (AvgIpc) is 2.85. The van der Waals surface area contributed by atoms with Crippen molar-refractivity contribution >= 4 is 0 Å². The van der Waals surface area contributed by atoms with Crippen LogP contribution in [-0.2, 0) is 13.5 Å². The van der Waals surface area contributed by atoms with Gasteiger partial charge in [-0.3, -0.25) is 4.68 Å². The summed E-state index contributed by atoms with van der Waals surface area (Å²) in [4.78, 5) is 0. The highest BCUT2D eigenvalue weighted by Gasteiger charge is 2.18. The lowest BCUT2D eigenvalue weighted by molar-refractivity contribution is 0.778. The summed E-state index contributed by atoms with van der Waals surface area (Å²) < 4.78 is 1.98. The second-order valence-corrected chi connectivity index (χ2v) is 5.67. The number of aryl methyl sites for hydroxylation is 1. The Kier molecular flexibility index (Phi) is 3.92. The van der Waals surface area contributed by atoms with E-state index in [1.807, 2.05) is 23.9 Å². The molecule has 0 aliphatic rings. The van der Waals surface area contributed by atoms with Gasteiger partial charge in [0, 0.05) is 23.7 Å². The lowest BCUT2D eigenvalue weighted by Gasteiger charge is -2.08. The third kappa shape index (κ3) is 2.73. The molecule has 2 nitrogen and oxygen atoms in total. The summed E-state index contributed by atoms with van der Waals surface area (Å²) in [6, 6.07) is 20.8. The zero-order valence-electron chi connectivity index (χ0n) is 13.1. The topological polar surface area (TPSA) is 17.8 Å². The van der Waals surface area contributed by atoms with Crippen molar-refractivity contribution in [1.29, 1.82) is 0 Å². The smallest absolute Gasteiger partial charge is 0.0964 e. The highest BCUT2D eigenvalue weighted by Crippen LogP contribution is 2.33. The molecule has 0 radical (unpaired) electrons. The molecule has 0 spiro atoms. The Hall–Kier alpha value is -2.61. The van der Waals surface area contributed by atoms with Crippen LogP contribution in [0.1, 0.15) is 12.5 Å². The predicted octanol–water partition coefficient (Wildman–Crippen LogP) is 4.87. The van der Waals surface area contributed by atoms with E-state index in [1.54, 1.807) is 0 Å². The first-order chi connectivity index (χ1) is 10.7. The molecule has 0 aliphatic heterocycles. The Morgan fingerprint density at radius 2 is 1.50 bits per heavy atom. The lowest BCUT2D eigenvalue weighted by atomic mass is 9.97. The Morgan fingerprint density at radius 1 is 0.955 bits per heavy atom. The normalized spacial score (nSPS) is 10.6. The fraction of sp³-hybridized carbons (Fsp3) is 0.150. The van der Waals surface area contributed by atoms with Crippen molar-refractivity contribution < 1.29 is 0 Å². The van der Waals surface area contributed by atoms with Crippen molar-refractivity contribution in [1.82, 2.24) is 9.78 Å². The third-order valence-electron chi connectivity index (χ3n) is 3.72. The van der Waals surface area contributed by atoms with Crippen LogP contribution in [0.2, 0.25) is 0 Å². The minimum atomic E-state index is 0.836. The maximum Gasteiger partial charge on any atom is 0.0964 e. The van der Waals surface area contributed by atoms with E-state index in [1.165, 1.54) is 16.8 Å². The van der Waals surface area contributed by atoms with E-state index in [0.717, 1.165) is 23.3 Å². The van der Waals surface area contributed by atoms with E-state index in [-0.39, 0.29) is 0 Å². The molecular formula is C20H20N2. The Bertz CT molecular complexity index is 783. The largest absolute Gasteiger partial charge is 0.267 e. The zero-order valence-corrected chi connectivity index (χ0v) is 13.1. The van der Waals surface area contributed by atoms with Crippen molar-refractivity contribution in [2.75, 3.05) is 0 Å². The molecule has 1 aromatic heterocycles. The molecule has 1 heterocycles. The fourth-order valence-corrected chi connectivity index (χ4v) is 2.82. The number of nitrogens with zero attached hydrogens (tertiary/aromatic N) is 2. The van der Waals surface area contributed by atoms with Gasteiger partial charge in [0.2, 0.25) is 0 Å². The quantitative estimate of drug-likeness (QED) is 0.626. The standard InChI is InChI=1S/C20H20N2/c1-15(2)14-18-19(16-10-6-4-7-11-16)21-22(3)20(18)17-12-8-5-9-13-17/h4-13H,1,14H2,2-3H3. The first-order valence-corrected chi connectivity index (χ1v) is 7.48. The van der Waals surface area contributed by atoms with Crippen LogP contribution in [0.3, 0.4) is 0 Å². The second-order valence-electron chi connectivity index (χ2n) is 5.67. The molecule has 0 unspecified atom stereocenters. The van der Waals surface area contributed by atoms with E-state index in [9.17, 15) is 0 Å². The van der Waals surface area contributed by atoms with Crippen LogP contribution < -0.4 is 0 Å². The Balaban J connectivity index is 2.22. The minimum Gasteiger partial charge on any atom is -0.267 e. The molecule has 0 N–H and O–H groups in total. The van der Waals surface area contributed by atoms with Gasteiger partial charge in [-0.05, 0) is 13.3 Å². The van der Waals surface area contributed by atoms with E-state index in [4.69, 9.17) is 5.10 Å². The van der Waals surface area contributed by atoms with E-state index < -0.39 is 0 Å². The summed E-state index contributed by atoms with van der Waals surface area (Å²) in [7, 11) is 2.01.